The molecule has 0 unspecified atom stereocenters. The van der Waals surface area contributed by atoms with Gasteiger partial charge in [0.15, 0.2) is 0 Å². The van der Waals surface area contributed by atoms with Crippen LogP contribution in [-0.4, -0.2) is 21.6 Å². The van der Waals surface area contributed by atoms with Crippen molar-refractivity contribution in [3.05, 3.63) is 18.7 Å². The Morgan fingerprint density at radius 2 is 2.46 bits per heavy atom. The van der Waals surface area contributed by atoms with Gasteiger partial charge in [0.2, 0.25) is 0 Å². The van der Waals surface area contributed by atoms with Crippen LogP contribution in [-0.2, 0) is 16.1 Å². The van der Waals surface area contributed by atoms with E-state index < -0.39 is 0 Å². The Kier molecular flexibility index (Phi) is 3.49. The van der Waals surface area contributed by atoms with Crippen LogP contribution in [0.4, 0.5) is 0 Å². The second-order valence-corrected chi connectivity index (χ2v) is 2.90. The molecular weight excluding hydrogens is 168 g/mol. The highest BCUT2D eigenvalue weighted by molar-refractivity contribution is 5.66. The van der Waals surface area contributed by atoms with E-state index in [2.05, 4.69) is 4.98 Å². The second kappa shape index (κ2) is 4.64. The van der Waals surface area contributed by atoms with Gasteiger partial charge < -0.3 is 9.30 Å². The normalized spacial score (nSPS) is 12.5. The van der Waals surface area contributed by atoms with Gasteiger partial charge in [0, 0.05) is 19.3 Å². The number of carbonyl (C=O) groups excluding carboxylic acids is 1. The van der Waals surface area contributed by atoms with E-state index in [1.165, 1.54) is 6.92 Å². The standard InChI is InChI=1S/C9H14N2O2/c1-3-9(13-8(2)12)6-11-5-4-10-7-11/h4-5,7,9H,3,6H2,1-2H3/t9-/m1/s1. The van der Waals surface area contributed by atoms with Gasteiger partial charge in [-0.15, -0.1) is 0 Å². The first-order chi connectivity index (χ1) is 6.22. The van der Waals surface area contributed by atoms with Crippen molar-refractivity contribution in [2.75, 3.05) is 0 Å². The number of rotatable bonds is 4. The number of esters is 1. The molecule has 72 valence electrons. The maximum atomic E-state index is 10.7. The molecule has 1 aromatic heterocycles. The van der Waals surface area contributed by atoms with Gasteiger partial charge >= 0.3 is 5.97 Å². The molecule has 1 rings (SSSR count). The summed E-state index contributed by atoms with van der Waals surface area (Å²) >= 11 is 0. The van der Waals surface area contributed by atoms with Crippen molar-refractivity contribution in [1.82, 2.24) is 9.55 Å². The number of carbonyl (C=O) groups is 1. The zero-order valence-electron chi connectivity index (χ0n) is 7.93. The van der Waals surface area contributed by atoms with Gasteiger partial charge in [0.25, 0.3) is 0 Å². The molecule has 0 radical (unpaired) electrons. The molecule has 13 heavy (non-hydrogen) atoms. The SMILES string of the molecule is CC[C@H](Cn1ccnc1)OC(C)=O. The monoisotopic (exact) mass is 182 g/mol. The Hall–Kier alpha value is -1.32. The van der Waals surface area contributed by atoms with Gasteiger partial charge in [-0.05, 0) is 6.42 Å². The molecule has 0 saturated carbocycles. The molecule has 0 spiro atoms. The zero-order chi connectivity index (χ0) is 9.68. The summed E-state index contributed by atoms with van der Waals surface area (Å²) in [6, 6.07) is 0. The van der Waals surface area contributed by atoms with E-state index in [0.717, 1.165) is 6.42 Å². The Morgan fingerprint density at radius 3 is 2.92 bits per heavy atom. The molecule has 0 aliphatic heterocycles. The van der Waals surface area contributed by atoms with Crippen molar-refractivity contribution in [2.24, 2.45) is 0 Å². The fourth-order valence-electron chi connectivity index (χ4n) is 1.11. The fourth-order valence-corrected chi connectivity index (χ4v) is 1.11. The van der Waals surface area contributed by atoms with E-state index in [-0.39, 0.29) is 12.1 Å². The quantitative estimate of drug-likeness (QED) is 0.658. The number of nitrogens with zero attached hydrogens (tertiary/aromatic N) is 2. The third-order valence-corrected chi connectivity index (χ3v) is 1.76. The van der Waals surface area contributed by atoms with E-state index in [9.17, 15) is 4.79 Å². The fraction of sp³-hybridized carbons (Fsp3) is 0.556. The van der Waals surface area contributed by atoms with Crippen LogP contribution < -0.4 is 0 Å². The maximum Gasteiger partial charge on any atom is 0.302 e. The molecule has 0 N–H and O–H groups in total. The lowest BCUT2D eigenvalue weighted by molar-refractivity contribution is -0.147. The second-order valence-electron chi connectivity index (χ2n) is 2.90. The van der Waals surface area contributed by atoms with Crippen LogP contribution in [0.15, 0.2) is 18.7 Å². The summed E-state index contributed by atoms with van der Waals surface area (Å²) in [4.78, 5) is 14.6. The number of hydrogen-bond donors (Lipinski definition) is 0. The van der Waals surface area contributed by atoms with Crippen LogP contribution in [0.25, 0.3) is 0 Å². The van der Waals surface area contributed by atoms with Crippen LogP contribution in [0, 0.1) is 0 Å². The Morgan fingerprint density at radius 1 is 1.69 bits per heavy atom. The third kappa shape index (κ3) is 3.27. The molecule has 0 aliphatic rings. The average Bonchev–Trinajstić information content (AvgIpc) is 2.55. The molecule has 0 fully saturated rings. The first kappa shape index (κ1) is 9.77. The van der Waals surface area contributed by atoms with Crippen LogP contribution in [0.5, 0.6) is 0 Å². The Balaban J connectivity index is 2.45. The summed E-state index contributed by atoms with van der Waals surface area (Å²) in [7, 11) is 0. The molecule has 0 aliphatic carbocycles. The van der Waals surface area contributed by atoms with Crippen LogP contribution in [0.2, 0.25) is 0 Å². The zero-order valence-corrected chi connectivity index (χ0v) is 7.93. The Labute approximate surface area is 77.5 Å². The summed E-state index contributed by atoms with van der Waals surface area (Å²) in [5.74, 6) is -0.230. The van der Waals surface area contributed by atoms with E-state index in [4.69, 9.17) is 4.74 Å². The third-order valence-electron chi connectivity index (χ3n) is 1.76. The lowest BCUT2D eigenvalue weighted by Crippen LogP contribution is -2.20. The van der Waals surface area contributed by atoms with E-state index in [1.807, 2.05) is 17.7 Å². The molecule has 0 saturated heterocycles. The summed E-state index contributed by atoms with van der Waals surface area (Å²) < 4.78 is 6.99. The van der Waals surface area contributed by atoms with Crippen molar-refractivity contribution in [3.63, 3.8) is 0 Å². The lowest BCUT2D eigenvalue weighted by atomic mass is 10.3. The Bertz CT molecular complexity index is 257. The first-order valence-corrected chi connectivity index (χ1v) is 4.35. The van der Waals surface area contributed by atoms with E-state index >= 15 is 0 Å². The van der Waals surface area contributed by atoms with Gasteiger partial charge in [-0.25, -0.2) is 4.98 Å². The maximum absolute atomic E-state index is 10.7. The molecule has 0 amide bonds. The van der Waals surface area contributed by atoms with Crippen molar-refractivity contribution in [2.45, 2.75) is 32.9 Å². The van der Waals surface area contributed by atoms with E-state index in [1.54, 1.807) is 12.5 Å². The predicted molar refractivity (Wildman–Crippen MR) is 48.1 cm³/mol. The number of hydrogen-bond acceptors (Lipinski definition) is 3. The predicted octanol–water partition coefficient (Wildman–Crippen LogP) is 1.22. The lowest BCUT2D eigenvalue weighted by Gasteiger charge is -2.14. The molecule has 1 heterocycles. The molecule has 4 heteroatoms. The first-order valence-electron chi connectivity index (χ1n) is 4.35. The smallest absolute Gasteiger partial charge is 0.302 e. The highest BCUT2D eigenvalue weighted by atomic mass is 16.5. The van der Waals surface area contributed by atoms with Crippen molar-refractivity contribution < 1.29 is 9.53 Å². The average molecular weight is 182 g/mol. The molecule has 0 aromatic carbocycles. The number of imidazole rings is 1. The van der Waals surface area contributed by atoms with E-state index in [0.29, 0.717) is 6.54 Å². The summed E-state index contributed by atoms with van der Waals surface area (Å²) in [5, 5.41) is 0. The molecular formula is C9H14N2O2. The van der Waals surface area contributed by atoms with Gasteiger partial charge in [-0.2, -0.15) is 0 Å². The number of aromatic nitrogens is 2. The van der Waals surface area contributed by atoms with Crippen LogP contribution in [0.1, 0.15) is 20.3 Å². The minimum absolute atomic E-state index is 0.0494. The van der Waals surface area contributed by atoms with Gasteiger partial charge in [-0.1, -0.05) is 6.92 Å². The minimum Gasteiger partial charge on any atom is -0.461 e. The largest absolute Gasteiger partial charge is 0.461 e. The summed E-state index contributed by atoms with van der Waals surface area (Å²) in [6.07, 6.45) is 6.04. The minimum atomic E-state index is -0.230. The summed E-state index contributed by atoms with van der Waals surface area (Å²) in [6.45, 7) is 4.09. The molecule has 1 aromatic rings. The van der Waals surface area contributed by atoms with Gasteiger partial charge in [-0.3, -0.25) is 4.79 Å². The van der Waals surface area contributed by atoms with Crippen molar-refractivity contribution >= 4 is 5.97 Å². The van der Waals surface area contributed by atoms with Crippen molar-refractivity contribution in [1.29, 1.82) is 0 Å². The van der Waals surface area contributed by atoms with Gasteiger partial charge in [0.05, 0.1) is 12.9 Å². The molecule has 0 bridgehead atoms. The molecule has 4 nitrogen and oxygen atoms in total. The van der Waals surface area contributed by atoms with Gasteiger partial charge in [0.1, 0.15) is 6.10 Å². The number of ether oxygens (including phenoxy) is 1. The van der Waals surface area contributed by atoms with Crippen molar-refractivity contribution in [3.8, 4) is 0 Å². The highest BCUT2D eigenvalue weighted by Crippen LogP contribution is 2.02. The van der Waals surface area contributed by atoms with Crippen LogP contribution >= 0.6 is 0 Å². The highest BCUT2D eigenvalue weighted by Gasteiger charge is 2.09. The van der Waals surface area contributed by atoms with Crippen LogP contribution in [0.3, 0.4) is 0 Å². The summed E-state index contributed by atoms with van der Waals surface area (Å²) in [5.41, 5.74) is 0. The topological polar surface area (TPSA) is 44.1 Å². The molecule has 1 atom stereocenters.